The van der Waals surface area contributed by atoms with E-state index in [0.29, 0.717) is 0 Å². The molecule has 2 aromatic rings. The van der Waals surface area contributed by atoms with Gasteiger partial charge in [0.2, 0.25) is 0 Å². The maximum atomic E-state index is 2.54. The molecular formula is C22H25N. The Balaban J connectivity index is 1.97. The molecule has 1 nitrogen and oxygen atoms in total. The first kappa shape index (κ1) is 14.6. The van der Waals surface area contributed by atoms with E-state index < -0.39 is 0 Å². The standard InChI is InChI=1S/C22H25N/c1-17-9-7-15-22(2,16-8-10-17)23-20-13-5-3-11-18(20)19-12-4-6-14-21(19)23/h3,5-8,11,13-17H,4,9-10,12H2,1-2H3/b15-7-,16-8-. The Bertz CT molecular complexity index is 800. The van der Waals surface area contributed by atoms with Crippen molar-refractivity contribution in [3.8, 4) is 0 Å². The maximum absolute atomic E-state index is 2.54. The predicted molar refractivity (Wildman–Crippen MR) is 99.6 cm³/mol. The summed E-state index contributed by atoms with van der Waals surface area (Å²) >= 11 is 0. The minimum Gasteiger partial charge on any atom is -0.328 e. The number of allylic oxidation sites excluding steroid dienone is 5. The van der Waals surface area contributed by atoms with Crippen LogP contribution in [-0.4, -0.2) is 4.57 Å². The molecule has 1 aromatic heterocycles. The van der Waals surface area contributed by atoms with Crippen LogP contribution in [0.5, 0.6) is 0 Å². The Morgan fingerprint density at radius 2 is 1.78 bits per heavy atom. The fraction of sp³-hybridized carbons (Fsp3) is 0.364. The first-order valence-electron chi connectivity index (χ1n) is 8.84. The second-order valence-corrected chi connectivity index (χ2v) is 7.26. The Morgan fingerprint density at radius 3 is 2.57 bits per heavy atom. The van der Waals surface area contributed by atoms with Crippen molar-refractivity contribution in [2.45, 2.75) is 45.1 Å². The second kappa shape index (κ2) is 5.56. The molecule has 23 heavy (non-hydrogen) atoms. The van der Waals surface area contributed by atoms with Crippen molar-refractivity contribution in [1.82, 2.24) is 4.57 Å². The molecule has 0 aliphatic heterocycles. The summed E-state index contributed by atoms with van der Waals surface area (Å²) in [4.78, 5) is 0. The number of fused-ring (bicyclic) bond motifs is 3. The van der Waals surface area contributed by atoms with Crippen LogP contribution in [0.3, 0.4) is 0 Å². The van der Waals surface area contributed by atoms with Crippen LogP contribution >= 0.6 is 0 Å². The summed E-state index contributed by atoms with van der Waals surface area (Å²) < 4.78 is 2.54. The summed E-state index contributed by atoms with van der Waals surface area (Å²) in [7, 11) is 0. The van der Waals surface area contributed by atoms with Crippen LogP contribution in [0.1, 0.15) is 44.4 Å². The fourth-order valence-corrected chi connectivity index (χ4v) is 4.08. The lowest BCUT2D eigenvalue weighted by atomic mass is 9.92. The van der Waals surface area contributed by atoms with Gasteiger partial charge in [-0.2, -0.15) is 0 Å². The highest BCUT2D eigenvalue weighted by Gasteiger charge is 2.28. The van der Waals surface area contributed by atoms with Gasteiger partial charge in [-0.1, -0.05) is 55.5 Å². The Kier molecular flexibility index (Phi) is 3.52. The van der Waals surface area contributed by atoms with Gasteiger partial charge in [-0.05, 0) is 56.2 Å². The van der Waals surface area contributed by atoms with Crippen molar-refractivity contribution in [2.24, 2.45) is 5.92 Å². The molecule has 0 N–H and O–H groups in total. The van der Waals surface area contributed by atoms with E-state index >= 15 is 0 Å². The average molecular weight is 303 g/mol. The van der Waals surface area contributed by atoms with Crippen LogP contribution in [0.15, 0.2) is 54.6 Å². The number of hydrogen-bond donors (Lipinski definition) is 0. The monoisotopic (exact) mass is 303 g/mol. The highest BCUT2D eigenvalue weighted by molar-refractivity contribution is 5.89. The van der Waals surface area contributed by atoms with Gasteiger partial charge in [0.05, 0.1) is 5.54 Å². The van der Waals surface area contributed by atoms with E-state index in [-0.39, 0.29) is 5.54 Å². The quantitative estimate of drug-likeness (QED) is 0.582. The largest absolute Gasteiger partial charge is 0.328 e. The van der Waals surface area contributed by atoms with Gasteiger partial charge in [0.1, 0.15) is 0 Å². The number of aromatic nitrogens is 1. The zero-order valence-electron chi connectivity index (χ0n) is 14.1. The molecule has 1 heterocycles. The van der Waals surface area contributed by atoms with E-state index in [2.05, 4.69) is 79.1 Å². The highest BCUT2D eigenvalue weighted by Crippen LogP contribution is 2.37. The lowest BCUT2D eigenvalue weighted by molar-refractivity contribution is 0.506. The molecule has 118 valence electrons. The van der Waals surface area contributed by atoms with Gasteiger partial charge in [-0.15, -0.1) is 0 Å². The van der Waals surface area contributed by atoms with Gasteiger partial charge < -0.3 is 4.57 Å². The van der Waals surface area contributed by atoms with Crippen molar-refractivity contribution in [3.05, 3.63) is 65.9 Å². The van der Waals surface area contributed by atoms with Gasteiger partial charge >= 0.3 is 0 Å². The van der Waals surface area contributed by atoms with Crippen molar-refractivity contribution in [2.75, 3.05) is 0 Å². The summed E-state index contributed by atoms with van der Waals surface area (Å²) in [5.41, 5.74) is 4.17. The molecule has 0 spiro atoms. The van der Waals surface area contributed by atoms with Crippen molar-refractivity contribution < 1.29 is 0 Å². The summed E-state index contributed by atoms with van der Waals surface area (Å²) in [5, 5.41) is 1.42. The molecule has 4 rings (SSSR count). The molecule has 2 aliphatic rings. The van der Waals surface area contributed by atoms with Crippen molar-refractivity contribution in [3.63, 3.8) is 0 Å². The smallest absolute Gasteiger partial charge is 0.0789 e. The Morgan fingerprint density at radius 1 is 1.04 bits per heavy atom. The van der Waals surface area contributed by atoms with E-state index in [1.807, 2.05) is 0 Å². The SMILES string of the molecule is CC1C/C=C\C(C)(n2c3c(c4ccccc42)CCC=C3)/C=C\C1. The predicted octanol–water partition coefficient (Wildman–Crippen LogP) is 5.86. The molecule has 1 aromatic carbocycles. The third-order valence-electron chi connectivity index (χ3n) is 5.33. The van der Waals surface area contributed by atoms with E-state index in [0.717, 1.165) is 31.6 Å². The number of nitrogens with zero attached hydrogens (tertiary/aromatic N) is 1. The van der Waals surface area contributed by atoms with Crippen LogP contribution in [0.4, 0.5) is 0 Å². The molecule has 0 radical (unpaired) electrons. The number of hydrogen-bond acceptors (Lipinski definition) is 0. The minimum atomic E-state index is -0.0883. The first-order chi connectivity index (χ1) is 11.2. The van der Waals surface area contributed by atoms with E-state index in [1.54, 1.807) is 0 Å². The molecule has 0 saturated carbocycles. The summed E-state index contributed by atoms with van der Waals surface area (Å²) in [6.07, 6.45) is 18.8. The highest BCUT2D eigenvalue weighted by atomic mass is 15.1. The number of benzene rings is 1. The third-order valence-corrected chi connectivity index (χ3v) is 5.33. The summed E-state index contributed by atoms with van der Waals surface area (Å²) in [6, 6.07) is 8.89. The van der Waals surface area contributed by atoms with E-state index in [9.17, 15) is 0 Å². The molecular weight excluding hydrogens is 278 g/mol. The Labute approximate surface area is 139 Å². The van der Waals surface area contributed by atoms with Gasteiger partial charge in [0.15, 0.2) is 0 Å². The van der Waals surface area contributed by atoms with Crippen LogP contribution in [0.2, 0.25) is 0 Å². The lowest BCUT2D eigenvalue weighted by Gasteiger charge is -2.30. The molecule has 0 amide bonds. The normalized spacial score (nSPS) is 29.7. The first-order valence-corrected chi connectivity index (χ1v) is 8.84. The van der Waals surface area contributed by atoms with E-state index in [1.165, 1.54) is 22.2 Å². The van der Waals surface area contributed by atoms with Crippen LogP contribution < -0.4 is 0 Å². The zero-order chi connectivity index (χ0) is 15.9. The van der Waals surface area contributed by atoms with Crippen LogP contribution in [0.25, 0.3) is 17.0 Å². The lowest BCUT2D eigenvalue weighted by Crippen LogP contribution is -2.27. The second-order valence-electron chi connectivity index (χ2n) is 7.26. The molecule has 0 bridgehead atoms. The van der Waals surface area contributed by atoms with E-state index in [4.69, 9.17) is 0 Å². The zero-order valence-corrected chi connectivity index (χ0v) is 14.1. The summed E-state index contributed by atoms with van der Waals surface area (Å²) in [6.45, 7) is 4.66. The molecule has 0 saturated heterocycles. The van der Waals surface area contributed by atoms with Crippen molar-refractivity contribution in [1.29, 1.82) is 0 Å². The van der Waals surface area contributed by atoms with Gasteiger partial charge in [-0.3, -0.25) is 0 Å². The van der Waals surface area contributed by atoms with Gasteiger partial charge in [0, 0.05) is 16.6 Å². The topological polar surface area (TPSA) is 4.93 Å². The number of rotatable bonds is 1. The van der Waals surface area contributed by atoms with Crippen LogP contribution in [0, 0.1) is 5.92 Å². The number of aryl methyl sites for hydroxylation is 1. The van der Waals surface area contributed by atoms with Gasteiger partial charge in [0.25, 0.3) is 0 Å². The number of para-hydroxylation sites is 1. The molecule has 0 atom stereocenters. The summed E-state index contributed by atoms with van der Waals surface area (Å²) in [5.74, 6) is 0.738. The maximum Gasteiger partial charge on any atom is 0.0789 e. The third kappa shape index (κ3) is 2.39. The minimum absolute atomic E-state index is 0.0883. The Hall–Kier alpha value is -2.02. The van der Waals surface area contributed by atoms with Crippen LogP contribution in [-0.2, 0) is 12.0 Å². The molecule has 1 heteroatoms. The van der Waals surface area contributed by atoms with Gasteiger partial charge in [-0.25, -0.2) is 0 Å². The fourth-order valence-electron chi connectivity index (χ4n) is 4.08. The van der Waals surface area contributed by atoms with Crippen molar-refractivity contribution >= 4 is 17.0 Å². The molecule has 0 fully saturated rings. The molecule has 2 aliphatic carbocycles. The average Bonchev–Trinajstić information content (AvgIpc) is 2.88. The molecule has 0 unspecified atom stereocenters.